The van der Waals surface area contributed by atoms with Crippen molar-refractivity contribution in [3.63, 3.8) is 0 Å². The Morgan fingerprint density at radius 2 is 0.861 bits per heavy atom. The van der Waals surface area contributed by atoms with Crippen molar-refractivity contribution in [1.82, 2.24) is 24.9 Å². The maximum atomic E-state index is 14.1. The van der Waals surface area contributed by atoms with Crippen LogP contribution in [0, 0.1) is 23.3 Å². The molecule has 1 aromatic rings. The number of hydrogen-bond acceptors (Lipinski definition) is 15. The predicted octanol–water partition coefficient (Wildman–Crippen LogP) is 7.51. The van der Waals surface area contributed by atoms with Crippen LogP contribution < -0.4 is 10.1 Å². The molecule has 72 heavy (non-hydrogen) atoms. The van der Waals surface area contributed by atoms with Crippen molar-refractivity contribution >= 4 is 35.8 Å². The molecule has 1 amide bonds. The number of nitrogens with zero attached hydrogens (tertiary/aromatic N) is 4. The molecule has 0 saturated carbocycles. The molecule has 1 N–H and O–H groups in total. The van der Waals surface area contributed by atoms with Gasteiger partial charge in [-0.15, -0.1) is 0 Å². The zero-order valence-corrected chi connectivity index (χ0v) is 45.2. The van der Waals surface area contributed by atoms with Crippen LogP contribution >= 0.6 is 0 Å². The molecule has 0 bridgehead atoms. The van der Waals surface area contributed by atoms with Crippen LogP contribution in [0.1, 0.15) is 154 Å². The van der Waals surface area contributed by atoms with Gasteiger partial charge in [-0.25, -0.2) is 8.78 Å². The normalized spacial score (nSPS) is 15.9. The third-order valence-corrected chi connectivity index (χ3v) is 10.9. The molecule has 0 radical (unpaired) electrons. The van der Waals surface area contributed by atoms with Crippen molar-refractivity contribution in [3.05, 3.63) is 29.3 Å². The van der Waals surface area contributed by atoms with Gasteiger partial charge in [0.15, 0.2) is 11.6 Å². The van der Waals surface area contributed by atoms with Crippen LogP contribution in [0.3, 0.4) is 0 Å². The molecule has 0 aromatic heterocycles. The third-order valence-electron chi connectivity index (χ3n) is 10.9. The van der Waals surface area contributed by atoms with E-state index >= 15 is 0 Å². The van der Waals surface area contributed by atoms with Gasteiger partial charge in [-0.2, -0.15) is 8.78 Å². The highest BCUT2D eigenvalue weighted by molar-refractivity contribution is 5.79. The summed E-state index contributed by atoms with van der Waals surface area (Å²) in [5.41, 5.74) is -2.98. The van der Waals surface area contributed by atoms with Crippen LogP contribution in [0.4, 0.5) is 17.6 Å². The Kier molecular flexibility index (Phi) is 26.6. The SMILES string of the molecule is CC(C)(C)OC(=O)CN1CCN(CC(=O)OC(C)(C)C)CCN(C(CCC(=O)NCCCCCCCCCCC(=O)Oc2c(F)c(F)cc(F)c2F)C(=O)OC(C)(C)C)CCN(CC(=O)OC(C)(C)C)CC1. The van der Waals surface area contributed by atoms with Gasteiger partial charge >= 0.3 is 29.8 Å². The van der Waals surface area contributed by atoms with Gasteiger partial charge in [0.05, 0.1) is 19.6 Å². The maximum Gasteiger partial charge on any atom is 0.323 e. The number of nitrogens with one attached hydrogen (secondary N) is 1. The lowest BCUT2D eigenvalue weighted by molar-refractivity contribution is -0.163. The average molecular weight is 1030 g/mol. The molecule has 20 heteroatoms. The van der Waals surface area contributed by atoms with Gasteiger partial charge < -0.3 is 29.0 Å². The van der Waals surface area contributed by atoms with Crippen LogP contribution in [0.25, 0.3) is 0 Å². The molecule has 1 saturated heterocycles. The van der Waals surface area contributed by atoms with Crippen LogP contribution in [0.2, 0.25) is 0 Å². The molecule has 0 spiro atoms. The number of ether oxygens (including phenoxy) is 5. The molecule has 2 rings (SSSR count). The van der Waals surface area contributed by atoms with E-state index in [9.17, 15) is 46.3 Å². The highest BCUT2D eigenvalue weighted by atomic mass is 19.2. The number of carbonyl (C=O) groups is 6. The second-order valence-electron chi connectivity index (χ2n) is 22.4. The Hall–Kier alpha value is -4.40. The number of hydrogen-bond donors (Lipinski definition) is 1. The van der Waals surface area contributed by atoms with Crippen LogP contribution in [-0.2, 0) is 47.7 Å². The molecule has 0 aliphatic carbocycles. The van der Waals surface area contributed by atoms with Crippen molar-refractivity contribution in [2.75, 3.05) is 78.5 Å². The highest BCUT2D eigenvalue weighted by Crippen LogP contribution is 2.27. The van der Waals surface area contributed by atoms with E-state index in [0.29, 0.717) is 58.7 Å². The monoisotopic (exact) mass is 1030 g/mol. The average Bonchev–Trinajstić information content (AvgIpc) is 3.21. The molecule has 1 fully saturated rings. The molecule has 1 aliphatic rings. The summed E-state index contributed by atoms with van der Waals surface area (Å²) < 4.78 is 81.9. The van der Waals surface area contributed by atoms with E-state index in [2.05, 4.69) is 10.1 Å². The minimum Gasteiger partial charge on any atom is -0.459 e. The lowest BCUT2D eigenvalue weighted by Crippen LogP contribution is -2.53. The van der Waals surface area contributed by atoms with E-state index in [1.807, 2.05) is 19.6 Å². The molecule has 16 nitrogen and oxygen atoms in total. The van der Waals surface area contributed by atoms with E-state index in [1.54, 1.807) is 83.1 Å². The van der Waals surface area contributed by atoms with Gasteiger partial charge in [0.25, 0.3) is 0 Å². The van der Waals surface area contributed by atoms with E-state index in [-0.39, 0.29) is 64.0 Å². The summed E-state index contributed by atoms with van der Waals surface area (Å²) in [6, 6.07) is -0.818. The van der Waals surface area contributed by atoms with Gasteiger partial charge in [-0.3, -0.25) is 48.4 Å². The first-order valence-corrected chi connectivity index (χ1v) is 25.4. The van der Waals surface area contributed by atoms with E-state index < -0.39 is 87.3 Å². The highest BCUT2D eigenvalue weighted by Gasteiger charge is 2.33. The topological polar surface area (TPSA) is 174 Å². The van der Waals surface area contributed by atoms with Crippen molar-refractivity contribution < 1.29 is 70.0 Å². The van der Waals surface area contributed by atoms with Gasteiger partial charge in [0.2, 0.25) is 23.3 Å². The Morgan fingerprint density at radius 1 is 0.500 bits per heavy atom. The van der Waals surface area contributed by atoms with Gasteiger partial charge in [0, 0.05) is 77.8 Å². The Morgan fingerprint density at radius 3 is 1.25 bits per heavy atom. The van der Waals surface area contributed by atoms with E-state index in [4.69, 9.17) is 18.9 Å². The second kappa shape index (κ2) is 30.1. The summed E-state index contributed by atoms with van der Waals surface area (Å²) >= 11 is 0. The minimum atomic E-state index is -1.77. The summed E-state index contributed by atoms with van der Waals surface area (Å²) in [7, 11) is 0. The minimum absolute atomic E-state index is 0.0116. The first kappa shape index (κ1) is 63.7. The Labute approximate surface area is 425 Å². The first-order chi connectivity index (χ1) is 33.3. The Bertz CT molecular complexity index is 1840. The van der Waals surface area contributed by atoms with Crippen LogP contribution in [0.15, 0.2) is 6.07 Å². The molecule has 1 unspecified atom stereocenters. The van der Waals surface area contributed by atoms with E-state index in [1.165, 1.54) is 0 Å². The summed E-state index contributed by atoms with van der Waals surface area (Å²) in [5.74, 6) is -11.2. The number of benzene rings is 1. The molecular weight excluding hydrogens is 947 g/mol. The van der Waals surface area contributed by atoms with Crippen molar-refractivity contribution in [1.29, 1.82) is 0 Å². The van der Waals surface area contributed by atoms with Crippen LogP contribution in [0.5, 0.6) is 5.75 Å². The number of esters is 5. The molecule has 1 atom stereocenters. The number of halogens is 4. The fourth-order valence-electron chi connectivity index (χ4n) is 7.67. The summed E-state index contributed by atoms with van der Waals surface area (Å²) in [5, 5.41) is 2.97. The zero-order valence-electron chi connectivity index (χ0n) is 45.2. The second-order valence-corrected chi connectivity index (χ2v) is 22.4. The summed E-state index contributed by atoms with van der Waals surface area (Å²) in [6.07, 6.45) is 6.03. The molecule has 412 valence electrons. The fraction of sp³-hybridized carbons (Fsp3) is 0.769. The Balaban J connectivity index is 2.11. The standard InChI is InChI=1S/C52H85F4N5O11/c1-49(2,3)69-42(64)34-58-25-27-59(35-43(65)70-50(4,5)6)29-31-61(32-30-60(28-26-58)36-44(66)71-51(7,8)9)39(48(67)72-52(10,11)12)22-23-40(62)57-24-20-18-16-14-13-15-17-19-21-41(63)68-47-45(55)37(53)33-38(54)46(47)56/h33,39H,13-32,34-36H2,1-12H3,(H,57,62). The number of carbonyl (C=O) groups excluding carboxylic acids is 6. The molecule has 1 heterocycles. The summed E-state index contributed by atoms with van der Waals surface area (Å²) in [6.45, 7) is 24.5. The van der Waals surface area contributed by atoms with Gasteiger partial charge in [0.1, 0.15) is 28.4 Å². The maximum absolute atomic E-state index is 14.1. The summed E-state index contributed by atoms with van der Waals surface area (Å²) in [4.78, 5) is 86.8. The molecular formula is C52H85F4N5O11. The number of amides is 1. The number of unbranched alkanes of at least 4 members (excludes halogenated alkanes) is 7. The smallest absolute Gasteiger partial charge is 0.323 e. The zero-order chi connectivity index (χ0) is 54.5. The third kappa shape index (κ3) is 28.2. The first-order valence-electron chi connectivity index (χ1n) is 25.4. The lowest BCUT2D eigenvalue weighted by atomic mass is 10.1. The van der Waals surface area contributed by atoms with E-state index in [0.717, 1.165) is 38.5 Å². The fourth-order valence-corrected chi connectivity index (χ4v) is 7.67. The van der Waals surface area contributed by atoms with Gasteiger partial charge in [-0.1, -0.05) is 38.5 Å². The van der Waals surface area contributed by atoms with Crippen molar-refractivity contribution in [3.8, 4) is 5.75 Å². The quantitative estimate of drug-likeness (QED) is 0.0285. The number of rotatable bonds is 23. The largest absolute Gasteiger partial charge is 0.459 e. The van der Waals surface area contributed by atoms with Gasteiger partial charge in [-0.05, 0) is 102 Å². The van der Waals surface area contributed by atoms with Crippen LogP contribution in [-0.4, -0.2) is 162 Å². The predicted molar refractivity (Wildman–Crippen MR) is 264 cm³/mol. The van der Waals surface area contributed by atoms with Crippen molar-refractivity contribution in [2.24, 2.45) is 0 Å². The lowest BCUT2D eigenvalue weighted by Gasteiger charge is -2.37. The molecule has 1 aromatic carbocycles. The van der Waals surface area contributed by atoms with Crippen molar-refractivity contribution in [2.45, 2.75) is 182 Å². The molecule has 1 aliphatic heterocycles.